The van der Waals surface area contributed by atoms with Gasteiger partial charge in [-0.2, -0.15) is 0 Å². The number of rotatable bonds is 7. The molecule has 34 heavy (non-hydrogen) atoms. The Morgan fingerprint density at radius 3 is 2.59 bits per heavy atom. The summed E-state index contributed by atoms with van der Waals surface area (Å²) in [6, 6.07) is 9.60. The Morgan fingerprint density at radius 2 is 1.94 bits per heavy atom. The van der Waals surface area contributed by atoms with Crippen molar-refractivity contribution in [2.75, 3.05) is 26.8 Å². The number of nitrogens with two attached hydrogens (primary N) is 1. The van der Waals surface area contributed by atoms with Crippen LogP contribution in [0, 0.1) is 5.82 Å². The number of methoxy groups -OCH3 is 1. The summed E-state index contributed by atoms with van der Waals surface area (Å²) in [5.74, 6) is -0.441. The molecule has 0 spiro atoms. The Morgan fingerprint density at radius 1 is 1.21 bits per heavy atom. The monoisotopic (exact) mass is 495 g/mol. The lowest BCUT2D eigenvalue weighted by Crippen LogP contribution is -2.38. The molecular weight excluding hydrogens is 467 g/mol. The molecule has 3 aromatic rings. The summed E-state index contributed by atoms with van der Waals surface area (Å²) in [4.78, 5) is 15.1. The highest BCUT2D eigenvalue weighted by Crippen LogP contribution is 2.34. The van der Waals surface area contributed by atoms with E-state index >= 15 is 0 Å². The van der Waals surface area contributed by atoms with Crippen LogP contribution in [0.2, 0.25) is 0 Å². The third-order valence-electron chi connectivity index (χ3n) is 6.45. The van der Waals surface area contributed by atoms with Gasteiger partial charge in [-0.1, -0.05) is 30.3 Å². The SMILES string of the molecule is COCCn1cc(C(=O)N2CCC(c3cc(CN)ccc3F)CC2)c2cccc(C(F)F)c21.Cl. The van der Waals surface area contributed by atoms with Crippen LogP contribution in [0.1, 0.15) is 52.2 Å². The van der Waals surface area contributed by atoms with E-state index in [1.807, 2.05) is 6.07 Å². The first-order valence-electron chi connectivity index (χ1n) is 11.1. The number of piperidine rings is 1. The fourth-order valence-electron chi connectivity index (χ4n) is 4.70. The second-order valence-electron chi connectivity index (χ2n) is 8.40. The number of likely N-dealkylation sites (tertiary alicyclic amines) is 1. The molecule has 2 aromatic carbocycles. The van der Waals surface area contributed by atoms with E-state index in [0.717, 1.165) is 5.56 Å². The van der Waals surface area contributed by atoms with Crippen molar-refractivity contribution in [1.29, 1.82) is 0 Å². The number of amides is 1. The Hall–Kier alpha value is -2.55. The Labute approximate surface area is 203 Å². The minimum absolute atomic E-state index is 0. The lowest BCUT2D eigenvalue weighted by molar-refractivity contribution is 0.0714. The summed E-state index contributed by atoms with van der Waals surface area (Å²) in [6.07, 6.45) is 0.250. The minimum atomic E-state index is -2.65. The van der Waals surface area contributed by atoms with Crippen molar-refractivity contribution in [3.63, 3.8) is 0 Å². The fraction of sp³-hybridized carbons (Fsp3) is 0.400. The first-order valence-corrected chi connectivity index (χ1v) is 11.1. The maximum absolute atomic E-state index is 14.4. The van der Waals surface area contributed by atoms with Crippen LogP contribution in [0.4, 0.5) is 13.2 Å². The maximum atomic E-state index is 14.4. The molecule has 1 saturated heterocycles. The Bertz CT molecular complexity index is 1140. The predicted molar refractivity (Wildman–Crippen MR) is 128 cm³/mol. The molecule has 1 amide bonds. The van der Waals surface area contributed by atoms with Crippen LogP contribution >= 0.6 is 12.4 Å². The molecule has 5 nitrogen and oxygen atoms in total. The summed E-state index contributed by atoms with van der Waals surface area (Å²) in [7, 11) is 1.54. The first kappa shape index (κ1) is 26.1. The molecular formula is C25H29ClF3N3O2. The minimum Gasteiger partial charge on any atom is -0.383 e. The number of fused-ring (bicyclic) bond motifs is 1. The third-order valence-corrected chi connectivity index (χ3v) is 6.45. The van der Waals surface area contributed by atoms with Crippen molar-refractivity contribution in [3.8, 4) is 0 Å². The summed E-state index contributed by atoms with van der Waals surface area (Å²) < 4.78 is 48.5. The lowest BCUT2D eigenvalue weighted by Gasteiger charge is -2.32. The zero-order valence-electron chi connectivity index (χ0n) is 19.0. The van der Waals surface area contributed by atoms with Gasteiger partial charge >= 0.3 is 0 Å². The van der Waals surface area contributed by atoms with Crippen molar-refractivity contribution < 1.29 is 22.7 Å². The van der Waals surface area contributed by atoms with Crippen molar-refractivity contribution in [1.82, 2.24) is 9.47 Å². The van der Waals surface area contributed by atoms with E-state index in [-0.39, 0.29) is 35.6 Å². The molecule has 0 bridgehead atoms. The Kier molecular flexibility index (Phi) is 8.62. The number of carbonyl (C=O) groups excluding carboxylic acids is 1. The van der Waals surface area contributed by atoms with E-state index < -0.39 is 6.43 Å². The fourth-order valence-corrected chi connectivity index (χ4v) is 4.70. The summed E-state index contributed by atoms with van der Waals surface area (Å²) in [5, 5.41) is 0.512. The molecule has 184 valence electrons. The smallest absolute Gasteiger partial charge is 0.265 e. The van der Waals surface area contributed by atoms with E-state index in [1.165, 1.54) is 12.1 Å². The van der Waals surface area contributed by atoms with Crippen LogP contribution in [0.25, 0.3) is 10.9 Å². The number of hydrogen-bond donors (Lipinski definition) is 1. The number of aromatic nitrogens is 1. The Balaban J connectivity index is 0.00000324. The first-order chi connectivity index (χ1) is 15.9. The zero-order chi connectivity index (χ0) is 23.5. The molecule has 1 aliphatic rings. The molecule has 9 heteroatoms. The second kappa shape index (κ2) is 11.3. The number of nitrogens with zero attached hydrogens (tertiary/aromatic N) is 2. The third kappa shape index (κ3) is 5.09. The highest BCUT2D eigenvalue weighted by molar-refractivity contribution is 6.07. The highest BCUT2D eigenvalue weighted by atomic mass is 35.5. The number of benzene rings is 2. The van der Waals surface area contributed by atoms with E-state index in [9.17, 15) is 18.0 Å². The number of hydrogen-bond acceptors (Lipinski definition) is 3. The van der Waals surface area contributed by atoms with Gasteiger partial charge in [0.1, 0.15) is 5.82 Å². The van der Waals surface area contributed by atoms with E-state index in [4.69, 9.17) is 10.5 Å². The van der Waals surface area contributed by atoms with Crippen LogP contribution in [0.5, 0.6) is 0 Å². The van der Waals surface area contributed by atoms with Gasteiger partial charge in [-0.3, -0.25) is 4.79 Å². The van der Waals surface area contributed by atoms with Crippen molar-refractivity contribution in [3.05, 3.63) is 70.7 Å². The van der Waals surface area contributed by atoms with E-state index in [2.05, 4.69) is 0 Å². The number of halogens is 4. The normalized spacial score (nSPS) is 14.6. The van der Waals surface area contributed by atoms with Gasteiger partial charge in [-0.25, -0.2) is 13.2 Å². The molecule has 2 heterocycles. The van der Waals surface area contributed by atoms with Gasteiger partial charge in [-0.05, 0) is 36.0 Å². The molecule has 2 N–H and O–H groups in total. The molecule has 0 radical (unpaired) electrons. The van der Waals surface area contributed by atoms with Gasteiger partial charge in [0.05, 0.1) is 17.7 Å². The second-order valence-corrected chi connectivity index (χ2v) is 8.40. The van der Waals surface area contributed by atoms with Gasteiger partial charge in [0.2, 0.25) is 0 Å². The van der Waals surface area contributed by atoms with Crippen molar-refractivity contribution in [2.45, 2.75) is 38.3 Å². The number of para-hydroxylation sites is 1. The average molecular weight is 496 g/mol. The predicted octanol–water partition coefficient (Wildman–Crippen LogP) is 5.26. The topological polar surface area (TPSA) is 60.5 Å². The standard InChI is InChI=1S/C25H28F3N3O2.ClH/c1-33-12-11-31-15-21(18-3-2-4-19(23(18)31)24(27)28)25(32)30-9-7-17(8-10-30)20-13-16(14-29)5-6-22(20)26;/h2-6,13,15,17,24H,7-12,14,29H2,1H3;1H. The molecule has 1 aromatic heterocycles. The quantitative estimate of drug-likeness (QED) is 0.486. The molecule has 0 unspecified atom stereocenters. The largest absolute Gasteiger partial charge is 0.383 e. The lowest BCUT2D eigenvalue weighted by atomic mass is 9.88. The van der Waals surface area contributed by atoms with Gasteiger partial charge in [0.15, 0.2) is 0 Å². The summed E-state index contributed by atoms with van der Waals surface area (Å²) in [6.45, 7) is 1.99. The van der Waals surface area contributed by atoms with Crippen LogP contribution < -0.4 is 5.73 Å². The van der Waals surface area contributed by atoms with Gasteiger partial charge in [0.25, 0.3) is 12.3 Å². The molecule has 1 fully saturated rings. The van der Waals surface area contributed by atoms with Crippen molar-refractivity contribution in [2.24, 2.45) is 5.73 Å². The molecule has 0 aliphatic carbocycles. The van der Waals surface area contributed by atoms with E-state index in [1.54, 1.807) is 41.0 Å². The summed E-state index contributed by atoms with van der Waals surface area (Å²) in [5.41, 5.74) is 7.88. The van der Waals surface area contributed by atoms with E-state index in [0.29, 0.717) is 67.7 Å². The van der Waals surface area contributed by atoms with Gasteiger partial charge in [0, 0.05) is 50.4 Å². The van der Waals surface area contributed by atoms with Crippen LogP contribution in [-0.4, -0.2) is 42.2 Å². The van der Waals surface area contributed by atoms with Crippen LogP contribution in [-0.2, 0) is 17.8 Å². The average Bonchev–Trinajstić information content (AvgIpc) is 3.21. The number of carbonyl (C=O) groups is 1. The van der Waals surface area contributed by atoms with Crippen molar-refractivity contribution >= 4 is 29.2 Å². The number of ether oxygens (including phenoxy) is 1. The van der Waals surface area contributed by atoms with Crippen LogP contribution in [0.15, 0.2) is 42.6 Å². The zero-order valence-corrected chi connectivity index (χ0v) is 19.8. The summed E-state index contributed by atoms with van der Waals surface area (Å²) >= 11 is 0. The van der Waals surface area contributed by atoms with Gasteiger partial charge in [-0.15, -0.1) is 12.4 Å². The van der Waals surface area contributed by atoms with Crippen LogP contribution in [0.3, 0.4) is 0 Å². The molecule has 0 atom stereocenters. The van der Waals surface area contributed by atoms with Gasteiger partial charge < -0.3 is 19.9 Å². The number of alkyl halides is 2. The maximum Gasteiger partial charge on any atom is 0.265 e. The molecule has 0 saturated carbocycles. The molecule has 1 aliphatic heterocycles. The molecule has 4 rings (SSSR count). The highest BCUT2D eigenvalue weighted by Gasteiger charge is 2.29.